The molecule has 22 heavy (non-hydrogen) atoms. The highest BCUT2D eigenvalue weighted by molar-refractivity contribution is 5.96. The lowest BCUT2D eigenvalue weighted by atomic mass is 9.92. The Hall–Kier alpha value is -1.83. The molecule has 124 valence electrons. The van der Waals surface area contributed by atoms with Crippen LogP contribution in [0, 0.1) is 0 Å². The maximum Gasteiger partial charge on any atom is 0.411 e. The van der Waals surface area contributed by atoms with Gasteiger partial charge in [-0.05, 0) is 27.7 Å². The van der Waals surface area contributed by atoms with Gasteiger partial charge in [0.2, 0.25) is 5.91 Å². The summed E-state index contributed by atoms with van der Waals surface area (Å²) < 4.78 is 9.87. The van der Waals surface area contributed by atoms with Crippen molar-refractivity contribution in [3.63, 3.8) is 0 Å². The van der Waals surface area contributed by atoms with Crippen molar-refractivity contribution in [1.29, 1.82) is 0 Å². The molecule has 2 aliphatic rings. The number of rotatable bonds is 2. The van der Waals surface area contributed by atoms with Gasteiger partial charge in [-0.2, -0.15) is 0 Å². The Kier molecular flexibility index (Phi) is 4.08. The van der Waals surface area contributed by atoms with Gasteiger partial charge in [0.05, 0.1) is 25.8 Å². The molecule has 0 spiro atoms. The molecular formula is C14H22N2O6. The minimum atomic E-state index is -0.915. The molecule has 2 rings (SSSR count). The minimum Gasteiger partial charge on any atom is -0.467 e. The van der Waals surface area contributed by atoms with Crippen molar-refractivity contribution in [2.75, 3.05) is 13.7 Å². The average molecular weight is 314 g/mol. The maximum atomic E-state index is 12.3. The van der Waals surface area contributed by atoms with Gasteiger partial charge in [0.1, 0.15) is 17.7 Å². The summed E-state index contributed by atoms with van der Waals surface area (Å²) in [7, 11) is 1.23. The molecule has 4 atom stereocenters. The molecule has 0 aromatic rings. The smallest absolute Gasteiger partial charge is 0.411 e. The van der Waals surface area contributed by atoms with Crippen molar-refractivity contribution in [1.82, 2.24) is 9.80 Å². The molecule has 2 aliphatic heterocycles. The van der Waals surface area contributed by atoms with Crippen LogP contribution in [0.15, 0.2) is 0 Å². The monoisotopic (exact) mass is 314 g/mol. The minimum absolute atomic E-state index is 0.000376. The summed E-state index contributed by atoms with van der Waals surface area (Å²) in [6.07, 6.45) is -1.56. The van der Waals surface area contributed by atoms with Gasteiger partial charge in [0.15, 0.2) is 0 Å². The number of likely N-dealkylation sites (tertiary alicyclic amines) is 2. The molecule has 0 unspecified atom stereocenters. The number of β-amino-alcohol motifs (C(OH)–C–C–N with tert-alkyl or cyclic N) is 1. The summed E-state index contributed by atoms with van der Waals surface area (Å²) >= 11 is 0. The Bertz CT molecular complexity index is 500. The first-order valence-electron chi connectivity index (χ1n) is 7.16. The fourth-order valence-corrected chi connectivity index (χ4v) is 2.89. The number of carbonyl (C=O) groups is 3. The molecule has 1 N–H and O–H groups in total. The zero-order valence-corrected chi connectivity index (χ0v) is 13.4. The Morgan fingerprint density at radius 2 is 1.95 bits per heavy atom. The van der Waals surface area contributed by atoms with Gasteiger partial charge in [-0.3, -0.25) is 9.69 Å². The van der Waals surface area contributed by atoms with Crippen molar-refractivity contribution in [2.24, 2.45) is 0 Å². The number of hydrogen-bond acceptors (Lipinski definition) is 6. The summed E-state index contributed by atoms with van der Waals surface area (Å²) in [4.78, 5) is 38.5. The van der Waals surface area contributed by atoms with Crippen LogP contribution in [0.5, 0.6) is 0 Å². The van der Waals surface area contributed by atoms with E-state index in [2.05, 4.69) is 4.74 Å². The fourth-order valence-electron chi connectivity index (χ4n) is 2.89. The number of aliphatic hydroxyl groups excluding tert-OH is 1. The van der Waals surface area contributed by atoms with Gasteiger partial charge in [0.25, 0.3) is 0 Å². The summed E-state index contributed by atoms with van der Waals surface area (Å²) in [5.74, 6) is -0.944. The number of nitrogens with zero attached hydrogens (tertiary/aromatic N) is 2. The summed E-state index contributed by atoms with van der Waals surface area (Å²) in [6, 6.07) is -2.18. The second kappa shape index (κ2) is 5.42. The third kappa shape index (κ3) is 2.63. The van der Waals surface area contributed by atoms with Gasteiger partial charge in [0, 0.05) is 0 Å². The number of methoxy groups -OCH3 is 1. The maximum absolute atomic E-state index is 12.3. The van der Waals surface area contributed by atoms with Gasteiger partial charge in [-0.1, -0.05) is 0 Å². The highest BCUT2D eigenvalue weighted by Gasteiger charge is 2.62. The number of esters is 1. The van der Waals surface area contributed by atoms with Crippen LogP contribution >= 0.6 is 0 Å². The van der Waals surface area contributed by atoms with Crippen molar-refractivity contribution in [3.05, 3.63) is 0 Å². The molecule has 0 aromatic heterocycles. The Morgan fingerprint density at radius 1 is 1.36 bits per heavy atom. The van der Waals surface area contributed by atoms with Crippen LogP contribution in [0.3, 0.4) is 0 Å². The van der Waals surface area contributed by atoms with E-state index in [1.165, 1.54) is 23.8 Å². The first kappa shape index (κ1) is 16.5. The van der Waals surface area contributed by atoms with Crippen LogP contribution in [0.25, 0.3) is 0 Å². The largest absolute Gasteiger partial charge is 0.467 e. The number of carbonyl (C=O) groups excluding carboxylic acids is 3. The number of fused-ring (bicyclic) bond motifs is 1. The molecule has 0 radical (unpaired) electrons. The van der Waals surface area contributed by atoms with E-state index in [1.807, 2.05) is 0 Å². The molecule has 0 aromatic carbocycles. The first-order chi connectivity index (χ1) is 10.1. The third-order valence-electron chi connectivity index (χ3n) is 3.85. The molecule has 0 bridgehead atoms. The summed E-state index contributed by atoms with van der Waals surface area (Å²) in [6.45, 7) is 6.71. The van der Waals surface area contributed by atoms with E-state index < -0.39 is 41.9 Å². The molecule has 0 saturated carbocycles. The van der Waals surface area contributed by atoms with Crippen molar-refractivity contribution >= 4 is 18.0 Å². The van der Waals surface area contributed by atoms with Crippen LogP contribution in [-0.4, -0.2) is 76.4 Å². The van der Waals surface area contributed by atoms with Crippen molar-refractivity contribution < 1.29 is 29.0 Å². The van der Waals surface area contributed by atoms with E-state index in [0.717, 1.165) is 0 Å². The predicted molar refractivity (Wildman–Crippen MR) is 74.8 cm³/mol. The summed E-state index contributed by atoms with van der Waals surface area (Å²) in [5, 5.41) is 10.1. The highest BCUT2D eigenvalue weighted by atomic mass is 16.6. The fraction of sp³-hybridized carbons (Fsp3) is 0.786. The van der Waals surface area contributed by atoms with Crippen LogP contribution in [0.1, 0.15) is 27.7 Å². The molecule has 2 fully saturated rings. The Labute approximate surface area is 128 Å². The normalized spacial score (nSPS) is 28.8. The third-order valence-corrected chi connectivity index (χ3v) is 3.85. The molecule has 0 aliphatic carbocycles. The molecule has 2 heterocycles. The second-order valence-corrected chi connectivity index (χ2v) is 6.58. The molecule has 8 heteroatoms. The van der Waals surface area contributed by atoms with E-state index in [9.17, 15) is 19.5 Å². The average Bonchev–Trinajstić information content (AvgIpc) is 2.69. The number of β-lactam (4-membered cyclic amide) rings is 1. The topological polar surface area (TPSA) is 96.4 Å². The Morgan fingerprint density at radius 3 is 2.45 bits per heavy atom. The number of aliphatic hydroxyl groups is 1. The standard InChI is InChI=1S/C14H22N2O6/c1-7(12(19)21-5)16-9-8(17)6-15(10(9)11(16)18)13(20)22-14(2,3)4/h7-10,17H,6H2,1-5H3/t7-,8+,9-,10+/m0/s1. The Balaban J connectivity index is 2.13. The van der Waals surface area contributed by atoms with E-state index in [0.29, 0.717) is 0 Å². The van der Waals surface area contributed by atoms with E-state index in [4.69, 9.17) is 4.74 Å². The lowest BCUT2D eigenvalue weighted by Crippen LogP contribution is -2.72. The van der Waals surface area contributed by atoms with E-state index in [-0.39, 0.29) is 12.5 Å². The number of amides is 2. The van der Waals surface area contributed by atoms with E-state index >= 15 is 0 Å². The van der Waals surface area contributed by atoms with Crippen molar-refractivity contribution in [3.8, 4) is 0 Å². The molecule has 2 amide bonds. The van der Waals surface area contributed by atoms with Gasteiger partial charge < -0.3 is 19.5 Å². The van der Waals surface area contributed by atoms with E-state index in [1.54, 1.807) is 20.8 Å². The van der Waals surface area contributed by atoms with Gasteiger partial charge >= 0.3 is 12.1 Å². The van der Waals surface area contributed by atoms with Crippen LogP contribution in [-0.2, 0) is 19.1 Å². The molecule has 2 saturated heterocycles. The zero-order chi connectivity index (χ0) is 16.8. The zero-order valence-electron chi connectivity index (χ0n) is 13.4. The van der Waals surface area contributed by atoms with Gasteiger partial charge in [-0.25, -0.2) is 9.59 Å². The van der Waals surface area contributed by atoms with Gasteiger partial charge in [-0.15, -0.1) is 0 Å². The quantitative estimate of drug-likeness (QED) is 0.557. The first-order valence-corrected chi connectivity index (χ1v) is 7.16. The van der Waals surface area contributed by atoms with Crippen LogP contribution < -0.4 is 0 Å². The molecular weight excluding hydrogens is 292 g/mol. The SMILES string of the molecule is COC(=O)[C@H](C)N1C(=O)[C@H]2[C@@H]1[C@H](O)CN2C(=O)OC(C)(C)C. The predicted octanol–water partition coefficient (Wildman–Crippen LogP) is -0.261. The highest BCUT2D eigenvalue weighted by Crippen LogP contribution is 2.36. The van der Waals surface area contributed by atoms with Crippen LogP contribution in [0.2, 0.25) is 0 Å². The lowest BCUT2D eigenvalue weighted by Gasteiger charge is -2.48. The molecule has 8 nitrogen and oxygen atoms in total. The second-order valence-electron chi connectivity index (χ2n) is 6.58. The van der Waals surface area contributed by atoms with Crippen molar-refractivity contribution in [2.45, 2.75) is 57.5 Å². The lowest BCUT2D eigenvalue weighted by molar-refractivity contribution is -0.170. The van der Waals surface area contributed by atoms with Crippen LogP contribution in [0.4, 0.5) is 4.79 Å². The summed E-state index contributed by atoms with van der Waals surface area (Å²) in [5.41, 5.74) is -0.689. The number of ether oxygens (including phenoxy) is 2. The number of hydrogen-bond donors (Lipinski definition) is 1.